The predicted molar refractivity (Wildman–Crippen MR) is 77.1 cm³/mol. The number of hydrogen-bond acceptors (Lipinski definition) is 2. The molecule has 0 aliphatic heterocycles. The van der Waals surface area contributed by atoms with E-state index in [1.54, 1.807) is 0 Å². The lowest BCUT2D eigenvalue weighted by atomic mass is 9.98. The average molecular weight is 248 g/mol. The van der Waals surface area contributed by atoms with Crippen LogP contribution in [0, 0.1) is 18.8 Å². The maximum absolute atomic E-state index is 12.2. The van der Waals surface area contributed by atoms with E-state index in [0.717, 1.165) is 11.3 Å². The lowest BCUT2D eigenvalue weighted by molar-refractivity contribution is 0.0945. The molecule has 0 aliphatic rings. The van der Waals surface area contributed by atoms with Crippen molar-refractivity contribution in [1.82, 2.24) is 5.32 Å². The summed E-state index contributed by atoms with van der Waals surface area (Å²) in [5.41, 5.74) is 2.68. The molecule has 0 saturated heterocycles. The lowest BCUT2D eigenvalue weighted by Crippen LogP contribution is -2.30. The van der Waals surface area contributed by atoms with Gasteiger partial charge in [-0.3, -0.25) is 4.79 Å². The second kappa shape index (κ2) is 6.43. The first-order chi connectivity index (χ1) is 8.45. The van der Waals surface area contributed by atoms with Crippen LogP contribution in [0.3, 0.4) is 0 Å². The molecule has 0 aromatic heterocycles. The van der Waals surface area contributed by atoms with Gasteiger partial charge in [-0.2, -0.15) is 0 Å². The Labute approximate surface area is 110 Å². The van der Waals surface area contributed by atoms with Crippen molar-refractivity contribution in [2.24, 2.45) is 11.8 Å². The number of carbonyl (C=O) groups excluding carboxylic acids is 1. The molecule has 0 bridgehead atoms. The molecule has 1 aromatic carbocycles. The Morgan fingerprint density at radius 3 is 2.50 bits per heavy atom. The van der Waals surface area contributed by atoms with Crippen molar-refractivity contribution < 1.29 is 4.79 Å². The van der Waals surface area contributed by atoms with Gasteiger partial charge in [-0.15, -0.1) is 0 Å². The van der Waals surface area contributed by atoms with Crippen LogP contribution in [0.15, 0.2) is 18.2 Å². The van der Waals surface area contributed by atoms with Crippen LogP contribution < -0.4 is 10.6 Å². The van der Waals surface area contributed by atoms with Gasteiger partial charge in [0, 0.05) is 19.3 Å². The van der Waals surface area contributed by atoms with Crippen LogP contribution in [0.4, 0.5) is 5.69 Å². The van der Waals surface area contributed by atoms with Crippen LogP contribution in [0.1, 0.15) is 36.7 Å². The van der Waals surface area contributed by atoms with Crippen molar-refractivity contribution in [3.8, 4) is 0 Å². The normalized spacial score (nSPS) is 12.3. The van der Waals surface area contributed by atoms with Crippen molar-refractivity contribution in [2.75, 3.05) is 18.9 Å². The van der Waals surface area contributed by atoms with Gasteiger partial charge in [0.1, 0.15) is 0 Å². The highest BCUT2D eigenvalue weighted by molar-refractivity contribution is 5.99. The molecule has 0 fully saturated rings. The minimum absolute atomic E-state index is 0.00412. The van der Waals surface area contributed by atoms with E-state index in [1.165, 1.54) is 0 Å². The molecule has 18 heavy (non-hydrogen) atoms. The fourth-order valence-electron chi connectivity index (χ4n) is 1.65. The van der Waals surface area contributed by atoms with E-state index in [0.29, 0.717) is 23.9 Å². The number of nitrogens with one attached hydrogen (secondary N) is 2. The molecule has 0 heterocycles. The monoisotopic (exact) mass is 248 g/mol. The molecule has 0 spiro atoms. The highest BCUT2D eigenvalue weighted by Crippen LogP contribution is 2.17. The first-order valence-corrected chi connectivity index (χ1v) is 6.52. The maximum Gasteiger partial charge on any atom is 0.253 e. The molecule has 2 N–H and O–H groups in total. The number of rotatable bonds is 5. The molecule has 1 aromatic rings. The first-order valence-electron chi connectivity index (χ1n) is 6.52. The molecule has 0 saturated carbocycles. The van der Waals surface area contributed by atoms with E-state index in [2.05, 4.69) is 31.4 Å². The smallest absolute Gasteiger partial charge is 0.253 e. The van der Waals surface area contributed by atoms with E-state index in [-0.39, 0.29) is 5.91 Å². The molecule has 1 unspecified atom stereocenters. The average Bonchev–Trinajstić information content (AvgIpc) is 2.35. The standard InChI is InChI=1S/C15H24N2O/c1-10(2)12(4)9-17-15(18)13-8-11(3)6-7-14(13)16-5/h6-8,10,12,16H,9H2,1-5H3,(H,17,18). The number of amides is 1. The number of anilines is 1. The summed E-state index contributed by atoms with van der Waals surface area (Å²) in [6.45, 7) is 9.20. The van der Waals surface area contributed by atoms with Gasteiger partial charge in [0.05, 0.1) is 5.56 Å². The Hall–Kier alpha value is -1.51. The van der Waals surface area contributed by atoms with Crippen molar-refractivity contribution in [3.63, 3.8) is 0 Å². The van der Waals surface area contributed by atoms with E-state index < -0.39 is 0 Å². The number of benzene rings is 1. The van der Waals surface area contributed by atoms with Crippen molar-refractivity contribution >= 4 is 11.6 Å². The third kappa shape index (κ3) is 3.76. The third-order valence-corrected chi connectivity index (χ3v) is 3.41. The van der Waals surface area contributed by atoms with Crippen LogP contribution in [0.2, 0.25) is 0 Å². The minimum Gasteiger partial charge on any atom is -0.387 e. The van der Waals surface area contributed by atoms with Crippen LogP contribution in [0.5, 0.6) is 0 Å². The van der Waals surface area contributed by atoms with Crippen LogP contribution >= 0.6 is 0 Å². The van der Waals surface area contributed by atoms with Gasteiger partial charge in [-0.25, -0.2) is 0 Å². The first kappa shape index (κ1) is 14.6. The molecule has 3 nitrogen and oxygen atoms in total. The number of aryl methyl sites for hydroxylation is 1. The highest BCUT2D eigenvalue weighted by atomic mass is 16.1. The summed E-state index contributed by atoms with van der Waals surface area (Å²) in [4.78, 5) is 12.2. The van der Waals surface area contributed by atoms with Crippen molar-refractivity contribution in [3.05, 3.63) is 29.3 Å². The maximum atomic E-state index is 12.2. The van der Waals surface area contributed by atoms with Gasteiger partial charge < -0.3 is 10.6 Å². The fourth-order valence-corrected chi connectivity index (χ4v) is 1.65. The summed E-state index contributed by atoms with van der Waals surface area (Å²) in [6, 6.07) is 5.86. The molecule has 1 atom stereocenters. The van der Waals surface area contributed by atoms with Gasteiger partial charge in [-0.1, -0.05) is 32.4 Å². The Bertz CT molecular complexity index is 413. The van der Waals surface area contributed by atoms with E-state index >= 15 is 0 Å². The topological polar surface area (TPSA) is 41.1 Å². The Kier molecular flexibility index (Phi) is 5.20. The van der Waals surface area contributed by atoms with Crippen molar-refractivity contribution in [1.29, 1.82) is 0 Å². The Morgan fingerprint density at radius 2 is 1.94 bits per heavy atom. The Morgan fingerprint density at radius 1 is 1.28 bits per heavy atom. The zero-order chi connectivity index (χ0) is 13.7. The number of hydrogen-bond donors (Lipinski definition) is 2. The molecule has 0 aliphatic carbocycles. The summed E-state index contributed by atoms with van der Waals surface area (Å²) < 4.78 is 0. The van der Waals surface area contributed by atoms with Crippen molar-refractivity contribution in [2.45, 2.75) is 27.7 Å². The summed E-state index contributed by atoms with van der Waals surface area (Å²) in [7, 11) is 1.83. The second-order valence-corrected chi connectivity index (χ2v) is 5.23. The molecular weight excluding hydrogens is 224 g/mol. The van der Waals surface area contributed by atoms with Gasteiger partial charge in [0.15, 0.2) is 0 Å². The van der Waals surface area contributed by atoms with Gasteiger partial charge >= 0.3 is 0 Å². The van der Waals surface area contributed by atoms with Gasteiger partial charge in [0.2, 0.25) is 0 Å². The molecule has 1 amide bonds. The van der Waals surface area contributed by atoms with Gasteiger partial charge in [0.25, 0.3) is 5.91 Å². The van der Waals surface area contributed by atoms with E-state index in [1.807, 2.05) is 32.2 Å². The predicted octanol–water partition coefficient (Wildman–Crippen LogP) is 3.06. The molecule has 3 heteroatoms. The zero-order valence-corrected chi connectivity index (χ0v) is 12.0. The quantitative estimate of drug-likeness (QED) is 0.841. The van der Waals surface area contributed by atoms with Crippen LogP contribution in [-0.2, 0) is 0 Å². The highest BCUT2D eigenvalue weighted by Gasteiger charge is 2.13. The van der Waals surface area contributed by atoms with Gasteiger partial charge in [-0.05, 0) is 30.9 Å². The molecule has 1 rings (SSSR count). The molecule has 0 radical (unpaired) electrons. The summed E-state index contributed by atoms with van der Waals surface area (Å²) in [5.74, 6) is 1.05. The largest absolute Gasteiger partial charge is 0.387 e. The summed E-state index contributed by atoms with van der Waals surface area (Å²) in [6.07, 6.45) is 0. The lowest BCUT2D eigenvalue weighted by Gasteiger charge is -2.17. The molecule has 100 valence electrons. The molecular formula is C15H24N2O. The SMILES string of the molecule is CNc1ccc(C)cc1C(=O)NCC(C)C(C)C. The van der Waals surface area contributed by atoms with Crippen LogP contribution in [-0.4, -0.2) is 19.5 Å². The minimum atomic E-state index is -0.00412. The number of carbonyl (C=O) groups is 1. The summed E-state index contributed by atoms with van der Waals surface area (Å²) >= 11 is 0. The second-order valence-electron chi connectivity index (χ2n) is 5.23. The third-order valence-electron chi connectivity index (χ3n) is 3.41. The Balaban J connectivity index is 2.75. The van der Waals surface area contributed by atoms with E-state index in [4.69, 9.17) is 0 Å². The van der Waals surface area contributed by atoms with E-state index in [9.17, 15) is 4.79 Å². The summed E-state index contributed by atoms with van der Waals surface area (Å²) in [5, 5.41) is 6.06. The fraction of sp³-hybridized carbons (Fsp3) is 0.533. The zero-order valence-electron chi connectivity index (χ0n) is 12.0. The van der Waals surface area contributed by atoms with Crippen LogP contribution in [0.25, 0.3) is 0 Å².